The lowest BCUT2D eigenvalue weighted by Crippen LogP contribution is -2.07. The molecule has 3 rings (SSSR count). The van der Waals surface area contributed by atoms with Crippen LogP contribution in [-0.4, -0.2) is 29.3 Å². The Labute approximate surface area is 109 Å². The minimum absolute atomic E-state index is 0.100. The molecule has 3 heterocycles. The summed E-state index contributed by atoms with van der Waals surface area (Å²) in [7, 11) is -2.94. The summed E-state index contributed by atoms with van der Waals surface area (Å²) in [4.78, 5) is 4.28. The van der Waals surface area contributed by atoms with Crippen LogP contribution in [0.2, 0.25) is 5.15 Å². The van der Waals surface area contributed by atoms with Crippen molar-refractivity contribution >= 4 is 32.6 Å². The van der Waals surface area contributed by atoms with Gasteiger partial charge in [-0.2, -0.15) is 0 Å². The van der Waals surface area contributed by atoms with E-state index in [2.05, 4.69) is 4.98 Å². The lowest BCUT2D eigenvalue weighted by atomic mass is 10.1. The van der Waals surface area contributed by atoms with Crippen LogP contribution in [0, 0.1) is 0 Å². The summed E-state index contributed by atoms with van der Waals surface area (Å²) in [6.45, 7) is 0. The van der Waals surface area contributed by atoms with Crippen LogP contribution >= 0.6 is 11.6 Å². The fraction of sp³-hybridized carbons (Fsp3) is 0.364. The molecule has 0 amide bonds. The highest BCUT2D eigenvalue weighted by Gasteiger charge is 2.32. The largest absolute Gasteiger partial charge is 0.397 e. The van der Waals surface area contributed by atoms with E-state index in [-0.39, 0.29) is 17.4 Å². The molecule has 0 aliphatic carbocycles. The van der Waals surface area contributed by atoms with E-state index in [4.69, 9.17) is 17.3 Å². The summed E-state index contributed by atoms with van der Waals surface area (Å²) >= 11 is 6.07. The maximum atomic E-state index is 11.5. The molecule has 1 aliphatic heterocycles. The number of imidazole rings is 1. The predicted octanol–water partition coefficient (Wildman–Crippen LogP) is 1.47. The van der Waals surface area contributed by atoms with Crippen molar-refractivity contribution in [3.63, 3.8) is 0 Å². The van der Waals surface area contributed by atoms with Crippen LogP contribution in [0.4, 0.5) is 5.69 Å². The Hall–Kier alpha value is -1.27. The van der Waals surface area contributed by atoms with Gasteiger partial charge in [0.25, 0.3) is 0 Å². The molecule has 0 saturated carbocycles. The molecule has 0 bridgehead atoms. The Morgan fingerprint density at radius 2 is 2.28 bits per heavy atom. The maximum absolute atomic E-state index is 11.5. The summed E-state index contributed by atoms with van der Waals surface area (Å²) in [5.74, 6) is 0.934. The molecule has 5 nitrogen and oxygen atoms in total. The third-order valence-corrected chi connectivity index (χ3v) is 5.31. The monoisotopic (exact) mass is 285 g/mol. The quantitative estimate of drug-likeness (QED) is 0.861. The molecule has 2 N–H and O–H groups in total. The molecule has 1 atom stereocenters. The highest BCUT2D eigenvalue weighted by molar-refractivity contribution is 7.91. The highest BCUT2D eigenvalue weighted by Crippen LogP contribution is 2.32. The second-order valence-corrected chi connectivity index (χ2v) is 7.13. The van der Waals surface area contributed by atoms with E-state index < -0.39 is 9.84 Å². The minimum atomic E-state index is -2.94. The van der Waals surface area contributed by atoms with E-state index in [1.807, 2.05) is 6.20 Å². The van der Waals surface area contributed by atoms with Crippen LogP contribution in [0.1, 0.15) is 18.2 Å². The molecule has 1 saturated heterocycles. The summed E-state index contributed by atoms with van der Waals surface area (Å²) in [6, 6.07) is 3.55. The Morgan fingerprint density at radius 3 is 2.94 bits per heavy atom. The van der Waals surface area contributed by atoms with Gasteiger partial charge in [0.1, 0.15) is 11.3 Å². The Kier molecular flexibility index (Phi) is 2.53. The van der Waals surface area contributed by atoms with E-state index in [1.54, 1.807) is 16.5 Å². The van der Waals surface area contributed by atoms with Crippen molar-refractivity contribution in [1.82, 2.24) is 9.38 Å². The summed E-state index contributed by atoms with van der Waals surface area (Å²) in [5.41, 5.74) is 7.05. The van der Waals surface area contributed by atoms with E-state index in [9.17, 15) is 8.42 Å². The number of nitrogen functional groups attached to an aromatic ring is 1. The first-order valence-corrected chi connectivity index (χ1v) is 7.80. The minimum Gasteiger partial charge on any atom is -0.397 e. The number of hydrogen-bond acceptors (Lipinski definition) is 4. The topological polar surface area (TPSA) is 77.5 Å². The molecule has 2 aromatic heterocycles. The summed E-state index contributed by atoms with van der Waals surface area (Å²) in [6.07, 6.45) is 2.40. The zero-order chi connectivity index (χ0) is 12.9. The van der Waals surface area contributed by atoms with Gasteiger partial charge in [0, 0.05) is 12.1 Å². The summed E-state index contributed by atoms with van der Waals surface area (Å²) in [5, 5.41) is 0.326. The predicted molar refractivity (Wildman–Crippen MR) is 70.6 cm³/mol. The SMILES string of the molecule is Nc1cccn2c(C3CCS(=O)(=O)C3)nc(Cl)c12. The van der Waals surface area contributed by atoms with Gasteiger partial charge in [-0.05, 0) is 18.6 Å². The van der Waals surface area contributed by atoms with Crippen molar-refractivity contribution in [2.24, 2.45) is 0 Å². The average molecular weight is 286 g/mol. The van der Waals surface area contributed by atoms with E-state index in [1.165, 1.54) is 0 Å². The third-order valence-electron chi connectivity index (χ3n) is 3.28. The molecule has 0 aromatic carbocycles. The first kappa shape index (κ1) is 11.8. The van der Waals surface area contributed by atoms with Gasteiger partial charge in [-0.15, -0.1) is 0 Å². The molecule has 2 aromatic rings. The number of sulfone groups is 1. The fourth-order valence-corrected chi connectivity index (χ4v) is 4.45. The van der Waals surface area contributed by atoms with Crippen LogP contribution in [0.5, 0.6) is 0 Å². The van der Waals surface area contributed by atoms with Gasteiger partial charge >= 0.3 is 0 Å². The van der Waals surface area contributed by atoms with Crippen LogP contribution in [-0.2, 0) is 9.84 Å². The van der Waals surface area contributed by atoms with Gasteiger partial charge in [-0.25, -0.2) is 13.4 Å². The molecule has 1 unspecified atom stereocenters. The Bertz CT molecular complexity index is 723. The number of fused-ring (bicyclic) bond motifs is 1. The van der Waals surface area contributed by atoms with Crippen LogP contribution in [0.15, 0.2) is 18.3 Å². The second kappa shape index (κ2) is 3.86. The summed E-state index contributed by atoms with van der Waals surface area (Å²) < 4.78 is 24.9. The lowest BCUT2D eigenvalue weighted by molar-refractivity contribution is 0.601. The van der Waals surface area contributed by atoms with E-state index in [0.717, 1.165) is 0 Å². The number of anilines is 1. The normalized spacial score (nSPS) is 22.6. The molecular weight excluding hydrogens is 274 g/mol. The zero-order valence-corrected chi connectivity index (χ0v) is 11.1. The van der Waals surface area contributed by atoms with Gasteiger partial charge < -0.3 is 10.1 Å². The molecule has 1 aliphatic rings. The van der Waals surface area contributed by atoms with Gasteiger partial charge in [0.05, 0.1) is 17.2 Å². The van der Waals surface area contributed by atoms with E-state index in [0.29, 0.717) is 28.6 Å². The number of nitrogens with two attached hydrogens (primary N) is 1. The fourth-order valence-electron chi connectivity index (χ4n) is 2.43. The van der Waals surface area contributed by atoms with Crippen molar-refractivity contribution in [2.45, 2.75) is 12.3 Å². The van der Waals surface area contributed by atoms with Crippen LogP contribution in [0.25, 0.3) is 5.52 Å². The number of hydrogen-bond donors (Lipinski definition) is 1. The van der Waals surface area contributed by atoms with E-state index >= 15 is 0 Å². The van der Waals surface area contributed by atoms with Crippen molar-refractivity contribution in [3.05, 3.63) is 29.3 Å². The molecule has 0 spiro atoms. The van der Waals surface area contributed by atoms with Crippen LogP contribution < -0.4 is 5.73 Å². The molecule has 1 fully saturated rings. The highest BCUT2D eigenvalue weighted by atomic mass is 35.5. The molecule has 18 heavy (non-hydrogen) atoms. The zero-order valence-electron chi connectivity index (χ0n) is 9.51. The van der Waals surface area contributed by atoms with Gasteiger partial charge in [-0.1, -0.05) is 11.6 Å². The lowest BCUT2D eigenvalue weighted by Gasteiger charge is -2.06. The van der Waals surface area contributed by atoms with Crippen molar-refractivity contribution in [3.8, 4) is 0 Å². The number of nitrogens with zero attached hydrogens (tertiary/aromatic N) is 2. The molecule has 0 radical (unpaired) electrons. The standard InChI is InChI=1S/C11H12ClN3O2S/c12-10-9-8(13)2-1-4-15(9)11(14-10)7-3-5-18(16,17)6-7/h1-2,4,7H,3,5-6,13H2. The smallest absolute Gasteiger partial charge is 0.157 e. The van der Waals surface area contributed by atoms with Crippen molar-refractivity contribution in [1.29, 1.82) is 0 Å². The average Bonchev–Trinajstić information content (AvgIpc) is 2.81. The number of pyridine rings is 1. The first-order chi connectivity index (χ1) is 8.48. The van der Waals surface area contributed by atoms with Crippen molar-refractivity contribution < 1.29 is 8.42 Å². The number of rotatable bonds is 1. The van der Waals surface area contributed by atoms with Gasteiger partial charge in [0.2, 0.25) is 0 Å². The maximum Gasteiger partial charge on any atom is 0.157 e. The molecule has 96 valence electrons. The first-order valence-electron chi connectivity index (χ1n) is 5.60. The molecule has 7 heteroatoms. The van der Waals surface area contributed by atoms with Crippen molar-refractivity contribution in [2.75, 3.05) is 17.2 Å². The van der Waals surface area contributed by atoms with Gasteiger partial charge in [-0.3, -0.25) is 0 Å². The Morgan fingerprint density at radius 1 is 1.50 bits per heavy atom. The Balaban J connectivity index is 2.17. The third kappa shape index (κ3) is 1.76. The number of halogens is 1. The second-order valence-electron chi connectivity index (χ2n) is 4.54. The van der Waals surface area contributed by atoms with Gasteiger partial charge in [0.15, 0.2) is 15.0 Å². The van der Waals surface area contributed by atoms with Crippen LogP contribution in [0.3, 0.4) is 0 Å². The number of aromatic nitrogens is 2. The molecular formula is C11H12ClN3O2S.